The van der Waals surface area contributed by atoms with Crippen molar-refractivity contribution in [1.29, 1.82) is 0 Å². The number of fused-ring (bicyclic) bond motifs is 1. The fourth-order valence-electron chi connectivity index (χ4n) is 4.83. The Morgan fingerprint density at radius 3 is 2.14 bits per heavy atom. The predicted molar refractivity (Wildman–Crippen MR) is 138 cm³/mol. The van der Waals surface area contributed by atoms with E-state index >= 15 is 0 Å². The van der Waals surface area contributed by atoms with E-state index in [1.165, 1.54) is 4.90 Å². The summed E-state index contributed by atoms with van der Waals surface area (Å²) in [4.78, 5) is 44.8. The number of rotatable bonds is 7. The van der Waals surface area contributed by atoms with Crippen molar-refractivity contribution in [1.82, 2.24) is 20.0 Å². The van der Waals surface area contributed by atoms with Crippen LogP contribution in [0, 0.1) is 0 Å². The van der Waals surface area contributed by atoms with Crippen LogP contribution in [-0.2, 0) is 6.54 Å². The first-order valence-corrected chi connectivity index (χ1v) is 12.3. The molecule has 1 saturated heterocycles. The van der Waals surface area contributed by atoms with Crippen molar-refractivity contribution in [2.75, 3.05) is 39.8 Å². The Morgan fingerprint density at radius 2 is 1.47 bits per heavy atom. The van der Waals surface area contributed by atoms with Crippen LogP contribution in [0.1, 0.15) is 48.2 Å². The topological polar surface area (TPSA) is 73.0 Å². The SMILES string of the molecule is CN1CCN(CC(NC(=O)c2cccc(CN3C(=O)c4ccccc4C3=O)c2)c2ccccc2)CC1. The Labute approximate surface area is 211 Å². The van der Waals surface area contributed by atoms with Crippen LogP contribution >= 0.6 is 0 Å². The minimum atomic E-state index is -0.304. The number of hydrogen-bond donors (Lipinski definition) is 1. The number of hydrogen-bond acceptors (Lipinski definition) is 5. The number of likely N-dealkylation sites (N-methyl/N-ethyl adjacent to an activating group) is 1. The van der Waals surface area contributed by atoms with E-state index in [2.05, 4.69) is 22.2 Å². The van der Waals surface area contributed by atoms with Gasteiger partial charge in [0.25, 0.3) is 17.7 Å². The highest BCUT2D eigenvalue weighted by molar-refractivity contribution is 6.21. The fraction of sp³-hybridized carbons (Fsp3) is 0.276. The maximum atomic E-state index is 13.3. The van der Waals surface area contributed by atoms with Gasteiger partial charge in [-0.3, -0.25) is 24.2 Å². The summed E-state index contributed by atoms with van der Waals surface area (Å²) in [5, 5.41) is 3.22. The van der Waals surface area contributed by atoms with Gasteiger partial charge in [0.15, 0.2) is 0 Å². The Hall–Kier alpha value is -3.81. The number of nitrogens with one attached hydrogen (secondary N) is 1. The molecule has 1 N–H and O–H groups in total. The third kappa shape index (κ3) is 5.08. The average molecular weight is 483 g/mol. The lowest BCUT2D eigenvalue weighted by molar-refractivity contribution is 0.0642. The second-order valence-corrected chi connectivity index (χ2v) is 9.48. The highest BCUT2D eigenvalue weighted by Crippen LogP contribution is 2.24. The number of imide groups is 1. The summed E-state index contributed by atoms with van der Waals surface area (Å²) in [6.45, 7) is 4.80. The van der Waals surface area contributed by atoms with Crippen LogP contribution in [0.4, 0.5) is 0 Å². The van der Waals surface area contributed by atoms with Gasteiger partial charge in [0.05, 0.1) is 23.7 Å². The molecule has 0 spiro atoms. The Morgan fingerprint density at radius 1 is 0.833 bits per heavy atom. The minimum absolute atomic E-state index is 0.122. The smallest absolute Gasteiger partial charge is 0.261 e. The van der Waals surface area contributed by atoms with Gasteiger partial charge in [-0.1, -0.05) is 54.6 Å². The number of nitrogens with zero attached hydrogens (tertiary/aromatic N) is 3. The molecule has 0 bridgehead atoms. The highest BCUT2D eigenvalue weighted by atomic mass is 16.2. The molecule has 2 heterocycles. The largest absolute Gasteiger partial charge is 0.344 e. The molecule has 2 aliphatic rings. The van der Waals surface area contributed by atoms with Crippen LogP contribution < -0.4 is 5.32 Å². The second kappa shape index (κ2) is 10.4. The van der Waals surface area contributed by atoms with Gasteiger partial charge < -0.3 is 10.2 Å². The molecular weight excluding hydrogens is 452 g/mol. The van der Waals surface area contributed by atoms with Crippen molar-refractivity contribution in [3.63, 3.8) is 0 Å². The lowest BCUT2D eigenvalue weighted by atomic mass is 10.0. The molecule has 0 radical (unpaired) electrons. The normalized spacial score (nSPS) is 17.2. The van der Waals surface area contributed by atoms with Gasteiger partial charge in [-0.25, -0.2) is 0 Å². The molecule has 0 aromatic heterocycles. The van der Waals surface area contributed by atoms with E-state index in [0.29, 0.717) is 16.7 Å². The fourth-order valence-corrected chi connectivity index (χ4v) is 4.83. The Kier molecular flexibility index (Phi) is 6.93. The summed E-state index contributed by atoms with van der Waals surface area (Å²) in [6.07, 6.45) is 0. The summed E-state index contributed by atoms with van der Waals surface area (Å²) in [5.41, 5.74) is 3.14. The molecule has 0 aliphatic carbocycles. The molecule has 3 aromatic carbocycles. The molecule has 5 rings (SSSR count). The number of piperazine rings is 1. The van der Waals surface area contributed by atoms with Crippen LogP contribution in [-0.4, -0.2) is 72.2 Å². The summed E-state index contributed by atoms with van der Waals surface area (Å²) in [6, 6.07) is 23.9. The Bertz CT molecular complexity index is 1230. The van der Waals surface area contributed by atoms with Crippen molar-refractivity contribution in [2.45, 2.75) is 12.6 Å². The molecule has 7 nitrogen and oxygen atoms in total. The van der Waals surface area contributed by atoms with E-state index < -0.39 is 0 Å². The lowest BCUT2D eigenvalue weighted by Gasteiger charge is -2.35. The Balaban J connectivity index is 1.30. The van der Waals surface area contributed by atoms with Gasteiger partial charge >= 0.3 is 0 Å². The van der Waals surface area contributed by atoms with Gasteiger partial charge in [0, 0.05) is 38.3 Å². The van der Waals surface area contributed by atoms with Crippen molar-refractivity contribution in [3.8, 4) is 0 Å². The van der Waals surface area contributed by atoms with Crippen molar-refractivity contribution >= 4 is 17.7 Å². The second-order valence-electron chi connectivity index (χ2n) is 9.48. The quantitative estimate of drug-likeness (QED) is 0.524. The standard InChI is InChI=1S/C29H30N4O3/c1-31-14-16-32(17-15-31)20-26(22-9-3-2-4-10-22)30-27(34)23-11-7-8-21(18-23)19-33-28(35)24-12-5-6-13-25(24)29(33)36/h2-13,18,26H,14-17,19-20H2,1H3,(H,30,34). The van der Waals surface area contributed by atoms with Gasteiger partial charge in [-0.15, -0.1) is 0 Å². The maximum Gasteiger partial charge on any atom is 0.261 e. The molecule has 1 atom stereocenters. The highest BCUT2D eigenvalue weighted by Gasteiger charge is 2.35. The third-order valence-corrected chi connectivity index (χ3v) is 6.95. The third-order valence-electron chi connectivity index (χ3n) is 6.95. The first-order valence-electron chi connectivity index (χ1n) is 12.3. The number of carbonyl (C=O) groups excluding carboxylic acids is 3. The van der Waals surface area contributed by atoms with E-state index in [0.717, 1.165) is 43.9 Å². The number of benzene rings is 3. The van der Waals surface area contributed by atoms with Crippen molar-refractivity contribution in [3.05, 3.63) is 107 Å². The zero-order chi connectivity index (χ0) is 25.1. The van der Waals surface area contributed by atoms with E-state index in [-0.39, 0.29) is 30.3 Å². The van der Waals surface area contributed by atoms with E-state index in [1.807, 2.05) is 36.4 Å². The molecule has 0 saturated carbocycles. The monoisotopic (exact) mass is 482 g/mol. The molecular formula is C29H30N4O3. The number of amides is 3. The lowest BCUT2D eigenvalue weighted by Crippen LogP contribution is -2.47. The van der Waals surface area contributed by atoms with Gasteiger partial charge in [-0.05, 0) is 42.4 Å². The van der Waals surface area contributed by atoms with Crippen LogP contribution in [0.25, 0.3) is 0 Å². The van der Waals surface area contributed by atoms with Gasteiger partial charge in [0.1, 0.15) is 0 Å². The first-order chi connectivity index (χ1) is 17.5. The number of carbonyl (C=O) groups is 3. The summed E-state index contributed by atoms with van der Waals surface area (Å²) >= 11 is 0. The van der Waals surface area contributed by atoms with E-state index in [9.17, 15) is 14.4 Å². The molecule has 3 aromatic rings. The first kappa shape index (κ1) is 23.9. The van der Waals surface area contributed by atoms with Gasteiger partial charge in [-0.2, -0.15) is 0 Å². The van der Waals surface area contributed by atoms with E-state index in [4.69, 9.17) is 0 Å². The molecule has 36 heavy (non-hydrogen) atoms. The summed E-state index contributed by atoms with van der Waals surface area (Å²) in [7, 11) is 2.13. The summed E-state index contributed by atoms with van der Waals surface area (Å²) < 4.78 is 0. The van der Waals surface area contributed by atoms with Crippen LogP contribution in [0.5, 0.6) is 0 Å². The van der Waals surface area contributed by atoms with E-state index in [1.54, 1.807) is 42.5 Å². The minimum Gasteiger partial charge on any atom is -0.344 e. The predicted octanol–water partition coefficient (Wildman–Crippen LogP) is 3.20. The molecule has 2 aliphatic heterocycles. The van der Waals surface area contributed by atoms with Crippen LogP contribution in [0.15, 0.2) is 78.9 Å². The molecule has 1 fully saturated rings. The zero-order valence-electron chi connectivity index (χ0n) is 20.4. The zero-order valence-corrected chi connectivity index (χ0v) is 20.4. The van der Waals surface area contributed by atoms with Gasteiger partial charge in [0.2, 0.25) is 0 Å². The van der Waals surface area contributed by atoms with Crippen LogP contribution in [0.2, 0.25) is 0 Å². The maximum absolute atomic E-state index is 13.3. The molecule has 184 valence electrons. The molecule has 3 amide bonds. The molecule has 1 unspecified atom stereocenters. The average Bonchev–Trinajstić information content (AvgIpc) is 3.15. The molecule has 7 heteroatoms. The van der Waals surface area contributed by atoms with Crippen LogP contribution in [0.3, 0.4) is 0 Å². The summed E-state index contributed by atoms with van der Waals surface area (Å²) in [5.74, 6) is -0.786. The van der Waals surface area contributed by atoms with Crippen molar-refractivity contribution in [2.24, 2.45) is 0 Å². The van der Waals surface area contributed by atoms with Crippen molar-refractivity contribution < 1.29 is 14.4 Å².